The number of furan rings is 1. The van der Waals surface area contributed by atoms with Gasteiger partial charge in [-0.05, 0) is 55.0 Å². The highest BCUT2D eigenvalue weighted by Gasteiger charge is 2.34. The van der Waals surface area contributed by atoms with Gasteiger partial charge in [-0.15, -0.1) is 0 Å². The van der Waals surface area contributed by atoms with Crippen molar-refractivity contribution in [2.45, 2.75) is 6.92 Å². The highest BCUT2D eigenvalue weighted by atomic mass is 16.6. The maximum Gasteiger partial charge on any atom is 0.282 e. The second kappa shape index (κ2) is 7.21. The predicted molar refractivity (Wildman–Crippen MR) is 107 cm³/mol. The van der Waals surface area contributed by atoms with Gasteiger partial charge in [0, 0.05) is 17.7 Å². The van der Waals surface area contributed by atoms with Crippen molar-refractivity contribution in [3.63, 3.8) is 0 Å². The molecule has 1 fully saturated rings. The molecular weight excluding hydrogens is 390 g/mol. The van der Waals surface area contributed by atoms with Gasteiger partial charge >= 0.3 is 0 Å². The summed E-state index contributed by atoms with van der Waals surface area (Å²) in [6, 6.07) is 13.4. The van der Waals surface area contributed by atoms with Gasteiger partial charge < -0.3 is 9.52 Å². The van der Waals surface area contributed by atoms with Crippen molar-refractivity contribution >= 4 is 29.3 Å². The van der Waals surface area contributed by atoms with Crippen molar-refractivity contribution in [1.29, 1.82) is 0 Å². The van der Waals surface area contributed by atoms with Crippen LogP contribution in [0, 0.1) is 17.0 Å². The van der Waals surface area contributed by atoms with Crippen LogP contribution in [0.15, 0.2) is 64.6 Å². The Kier molecular flexibility index (Phi) is 4.55. The second-order valence-electron chi connectivity index (χ2n) is 6.61. The van der Waals surface area contributed by atoms with E-state index in [0.717, 1.165) is 10.6 Å². The maximum absolute atomic E-state index is 12.7. The minimum atomic E-state index is -0.599. The number of hydrogen-bond donors (Lipinski definition) is 2. The lowest BCUT2D eigenvalue weighted by Crippen LogP contribution is -2.35. The number of phenolic OH excluding ortho intramolecular Hbond substituents is 1. The lowest BCUT2D eigenvalue weighted by Gasteiger charge is -2.14. The van der Waals surface area contributed by atoms with Gasteiger partial charge in [0.15, 0.2) is 0 Å². The van der Waals surface area contributed by atoms with Crippen LogP contribution in [0.2, 0.25) is 0 Å². The molecule has 2 heterocycles. The fourth-order valence-corrected chi connectivity index (χ4v) is 3.05. The number of nitro benzene ring substituents is 1. The Morgan fingerprint density at radius 2 is 1.83 bits per heavy atom. The quantitative estimate of drug-likeness (QED) is 0.297. The van der Waals surface area contributed by atoms with Crippen LogP contribution in [0.3, 0.4) is 0 Å². The number of amides is 2. The number of non-ortho nitro benzene ring substituents is 1. The zero-order valence-electron chi connectivity index (χ0n) is 15.7. The van der Waals surface area contributed by atoms with Gasteiger partial charge in [-0.2, -0.15) is 0 Å². The maximum atomic E-state index is 12.7. The summed E-state index contributed by atoms with van der Waals surface area (Å²) in [5.74, 6) is -0.508. The highest BCUT2D eigenvalue weighted by molar-refractivity contribution is 6.31. The number of anilines is 1. The van der Waals surface area contributed by atoms with Gasteiger partial charge in [-0.1, -0.05) is 6.07 Å². The zero-order valence-corrected chi connectivity index (χ0v) is 15.7. The molecule has 150 valence electrons. The third-order valence-corrected chi connectivity index (χ3v) is 4.61. The van der Waals surface area contributed by atoms with Gasteiger partial charge in [0.25, 0.3) is 17.5 Å². The second-order valence-corrected chi connectivity index (χ2v) is 6.61. The summed E-state index contributed by atoms with van der Waals surface area (Å²) in [5, 5.41) is 21.5. The normalized spacial score (nSPS) is 15.0. The van der Waals surface area contributed by atoms with E-state index in [2.05, 4.69) is 5.43 Å². The Morgan fingerprint density at radius 1 is 1.10 bits per heavy atom. The number of rotatable bonds is 4. The largest absolute Gasteiger partial charge is 0.508 e. The van der Waals surface area contributed by atoms with Crippen LogP contribution < -0.4 is 10.4 Å². The van der Waals surface area contributed by atoms with Crippen molar-refractivity contribution in [3.05, 3.63) is 81.6 Å². The lowest BCUT2D eigenvalue weighted by atomic mass is 10.1. The number of nitro groups is 1. The first-order valence-electron chi connectivity index (χ1n) is 8.85. The summed E-state index contributed by atoms with van der Waals surface area (Å²) in [6.07, 6.45) is 1.31. The number of aryl methyl sites for hydroxylation is 1. The molecule has 0 saturated carbocycles. The molecule has 9 nitrogen and oxygen atoms in total. The summed E-state index contributed by atoms with van der Waals surface area (Å²) in [4.78, 5) is 35.5. The van der Waals surface area contributed by atoms with Crippen LogP contribution in [-0.4, -0.2) is 21.8 Å². The summed E-state index contributed by atoms with van der Waals surface area (Å²) < 4.78 is 5.72. The molecule has 9 heteroatoms. The van der Waals surface area contributed by atoms with Crippen LogP contribution in [0.1, 0.15) is 11.3 Å². The Bertz CT molecular complexity index is 1210. The molecule has 30 heavy (non-hydrogen) atoms. The van der Waals surface area contributed by atoms with Crippen molar-refractivity contribution in [2.24, 2.45) is 0 Å². The average molecular weight is 405 g/mol. The molecule has 0 radical (unpaired) electrons. The van der Waals surface area contributed by atoms with Gasteiger partial charge in [-0.25, -0.2) is 5.01 Å². The molecule has 0 atom stereocenters. The monoisotopic (exact) mass is 405 g/mol. The van der Waals surface area contributed by atoms with E-state index in [9.17, 15) is 24.8 Å². The van der Waals surface area contributed by atoms with Crippen molar-refractivity contribution in [1.82, 2.24) is 5.43 Å². The summed E-state index contributed by atoms with van der Waals surface area (Å²) in [7, 11) is 0. The number of hydrogen-bond acceptors (Lipinski definition) is 6. The Balaban J connectivity index is 1.64. The predicted octanol–water partition coefficient (Wildman–Crippen LogP) is 3.33. The van der Waals surface area contributed by atoms with E-state index in [1.165, 1.54) is 42.5 Å². The minimum absolute atomic E-state index is 0.0343. The van der Waals surface area contributed by atoms with Crippen LogP contribution in [0.25, 0.3) is 17.4 Å². The first-order chi connectivity index (χ1) is 14.3. The number of benzene rings is 2. The molecule has 2 aromatic carbocycles. The van der Waals surface area contributed by atoms with Crippen LogP contribution >= 0.6 is 0 Å². The highest BCUT2D eigenvalue weighted by Crippen LogP contribution is 2.30. The summed E-state index contributed by atoms with van der Waals surface area (Å²) in [6.45, 7) is 1.79. The van der Waals surface area contributed by atoms with Crippen LogP contribution in [0.5, 0.6) is 5.75 Å². The SMILES string of the molecule is Cc1ccc([N+](=O)[O-])cc1-c1ccc(/C=C2/C(=O)NN(c3ccc(O)cc3)C2=O)o1. The number of nitrogens with one attached hydrogen (secondary N) is 1. The molecule has 2 N–H and O–H groups in total. The number of aromatic hydroxyl groups is 1. The number of carbonyl (C=O) groups excluding carboxylic acids is 2. The van der Waals surface area contributed by atoms with Crippen LogP contribution in [0.4, 0.5) is 11.4 Å². The molecular formula is C21H15N3O6. The molecule has 0 spiro atoms. The number of phenols is 1. The molecule has 0 bridgehead atoms. The van der Waals surface area contributed by atoms with Gasteiger partial charge in [-0.3, -0.25) is 25.1 Å². The van der Waals surface area contributed by atoms with Crippen molar-refractivity contribution in [3.8, 4) is 17.1 Å². The number of carbonyl (C=O) groups is 2. The fraction of sp³-hybridized carbons (Fsp3) is 0.0476. The van der Waals surface area contributed by atoms with E-state index in [4.69, 9.17) is 4.42 Å². The smallest absolute Gasteiger partial charge is 0.282 e. The van der Waals surface area contributed by atoms with Crippen molar-refractivity contribution < 1.29 is 24.0 Å². The third-order valence-electron chi connectivity index (χ3n) is 4.61. The molecule has 3 aromatic rings. The lowest BCUT2D eigenvalue weighted by molar-refractivity contribution is -0.384. The average Bonchev–Trinajstić information content (AvgIpc) is 3.29. The summed E-state index contributed by atoms with van der Waals surface area (Å²) >= 11 is 0. The Morgan fingerprint density at radius 3 is 2.53 bits per heavy atom. The molecule has 2 amide bonds. The van der Waals surface area contributed by atoms with Gasteiger partial charge in [0.1, 0.15) is 22.8 Å². The van der Waals surface area contributed by atoms with E-state index in [1.54, 1.807) is 25.1 Å². The zero-order chi connectivity index (χ0) is 21.4. The molecule has 4 rings (SSSR count). The number of nitrogens with zero attached hydrogens (tertiary/aromatic N) is 2. The first kappa shape index (κ1) is 18.9. The topological polar surface area (TPSA) is 126 Å². The molecule has 0 aliphatic carbocycles. The van der Waals surface area contributed by atoms with Crippen LogP contribution in [-0.2, 0) is 9.59 Å². The number of hydrazine groups is 1. The first-order valence-corrected chi connectivity index (χ1v) is 8.85. The van der Waals surface area contributed by atoms with E-state index < -0.39 is 16.7 Å². The standard InChI is InChI=1S/C21H15N3O6/c1-12-2-3-14(24(28)29)10-17(12)19-9-8-16(30-19)11-18-20(26)22-23(21(18)27)13-4-6-15(25)7-5-13/h2-11,25H,1H3,(H,22,26)/b18-11-. The van der Waals surface area contributed by atoms with E-state index >= 15 is 0 Å². The van der Waals surface area contributed by atoms with E-state index in [-0.39, 0.29) is 22.8 Å². The molecule has 1 aromatic heterocycles. The summed E-state index contributed by atoms with van der Waals surface area (Å²) in [5.41, 5.74) is 3.98. The van der Waals surface area contributed by atoms with E-state index in [1.807, 2.05) is 0 Å². The molecule has 1 aliphatic heterocycles. The van der Waals surface area contributed by atoms with Crippen molar-refractivity contribution in [2.75, 3.05) is 5.01 Å². The van der Waals surface area contributed by atoms with Gasteiger partial charge in [0.2, 0.25) is 0 Å². The Labute approximate surface area is 170 Å². The molecule has 0 unspecified atom stereocenters. The Hall–Kier alpha value is -4.40. The van der Waals surface area contributed by atoms with Gasteiger partial charge in [0.05, 0.1) is 10.6 Å². The molecule has 1 saturated heterocycles. The van der Waals surface area contributed by atoms with E-state index in [0.29, 0.717) is 17.0 Å². The molecule has 1 aliphatic rings. The third kappa shape index (κ3) is 3.39. The minimum Gasteiger partial charge on any atom is -0.508 e. The fourth-order valence-electron chi connectivity index (χ4n) is 3.05.